The fraction of sp³-hybridized carbons (Fsp3) is 0.300. The molecule has 1 atom stereocenters. The predicted molar refractivity (Wildman–Crippen MR) is 52.0 cm³/mol. The van der Waals surface area contributed by atoms with Crippen LogP contribution in [0.15, 0.2) is 29.3 Å². The van der Waals surface area contributed by atoms with E-state index in [0.717, 1.165) is 0 Å². The smallest absolute Gasteiger partial charge is 0.159 e. The maximum Gasteiger partial charge on any atom is 0.159 e. The third-order valence-corrected chi connectivity index (χ3v) is 3.21. The van der Waals surface area contributed by atoms with Crippen molar-refractivity contribution >= 4 is 17.1 Å². The number of aliphatic hydroxyl groups is 1. The van der Waals surface area contributed by atoms with Gasteiger partial charge in [-0.3, -0.25) is 4.79 Å². The summed E-state index contributed by atoms with van der Waals surface area (Å²) in [4.78, 5) is 12.3. The van der Waals surface area contributed by atoms with Crippen molar-refractivity contribution in [3.63, 3.8) is 0 Å². The summed E-state index contributed by atoms with van der Waals surface area (Å²) >= 11 is 1.64. The molecule has 0 radical (unpaired) electrons. The second-order valence-electron chi connectivity index (χ2n) is 3.22. The fourth-order valence-corrected chi connectivity index (χ4v) is 2.43. The molecule has 0 saturated carbocycles. The molecule has 0 fully saturated rings. The van der Waals surface area contributed by atoms with Crippen molar-refractivity contribution in [2.45, 2.75) is 18.8 Å². The van der Waals surface area contributed by atoms with Crippen LogP contribution in [0.25, 0.3) is 0 Å². The Balaban J connectivity index is 2.20. The van der Waals surface area contributed by atoms with Gasteiger partial charge in [0, 0.05) is 29.7 Å². The van der Waals surface area contributed by atoms with Gasteiger partial charge in [-0.25, -0.2) is 0 Å². The molecule has 3 heteroatoms. The van der Waals surface area contributed by atoms with E-state index in [-0.39, 0.29) is 17.5 Å². The molecule has 0 aliphatic heterocycles. The Kier molecular flexibility index (Phi) is 2.19. The lowest BCUT2D eigenvalue weighted by atomic mass is 9.91. The molecular weight excluding hydrogens is 184 g/mol. The van der Waals surface area contributed by atoms with E-state index >= 15 is 0 Å². The van der Waals surface area contributed by atoms with Gasteiger partial charge in [0.1, 0.15) is 0 Å². The number of aliphatic hydroxyl groups excluding tert-OH is 1. The Labute approximate surface area is 80.5 Å². The Morgan fingerprint density at radius 1 is 1.46 bits per heavy atom. The zero-order valence-corrected chi connectivity index (χ0v) is 7.88. The van der Waals surface area contributed by atoms with Crippen molar-refractivity contribution in [2.24, 2.45) is 0 Å². The van der Waals surface area contributed by atoms with Crippen LogP contribution in [0.3, 0.4) is 0 Å². The number of hydrogen-bond donors (Lipinski definition) is 1. The minimum Gasteiger partial charge on any atom is -0.512 e. The second-order valence-corrected chi connectivity index (χ2v) is 4.20. The number of carbonyl (C=O) groups excluding carboxylic acids is 1. The predicted octanol–water partition coefficient (Wildman–Crippen LogP) is 2.64. The summed E-state index contributed by atoms with van der Waals surface area (Å²) in [6, 6.07) is 3.99. The molecule has 1 heterocycles. The molecule has 2 rings (SSSR count). The Bertz CT molecular complexity index is 338. The molecule has 13 heavy (non-hydrogen) atoms. The molecule has 0 saturated heterocycles. The molecule has 1 N–H and O–H groups in total. The van der Waals surface area contributed by atoms with Crippen molar-refractivity contribution in [1.29, 1.82) is 0 Å². The van der Waals surface area contributed by atoms with Crippen LogP contribution in [-0.4, -0.2) is 10.9 Å². The molecule has 0 spiro atoms. The lowest BCUT2D eigenvalue weighted by molar-refractivity contribution is -0.115. The number of carbonyl (C=O) groups is 1. The molecule has 68 valence electrons. The number of allylic oxidation sites excluding steroid dienone is 2. The Morgan fingerprint density at radius 3 is 2.92 bits per heavy atom. The van der Waals surface area contributed by atoms with Crippen LogP contribution < -0.4 is 0 Å². The summed E-state index contributed by atoms with van der Waals surface area (Å²) in [5.74, 6) is 0.439. The van der Waals surface area contributed by atoms with Crippen molar-refractivity contribution in [2.75, 3.05) is 0 Å². The third kappa shape index (κ3) is 1.80. The number of rotatable bonds is 1. The quantitative estimate of drug-likeness (QED) is 0.746. The maximum absolute atomic E-state index is 11.1. The van der Waals surface area contributed by atoms with Gasteiger partial charge in [0.25, 0.3) is 0 Å². The zero-order valence-electron chi connectivity index (χ0n) is 7.06. The van der Waals surface area contributed by atoms with Crippen LogP contribution >= 0.6 is 11.3 Å². The number of ketones is 1. The van der Waals surface area contributed by atoms with Crippen LogP contribution in [0.4, 0.5) is 0 Å². The highest BCUT2D eigenvalue weighted by Gasteiger charge is 2.22. The van der Waals surface area contributed by atoms with Gasteiger partial charge in [0.05, 0.1) is 5.76 Å². The maximum atomic E-state index is 11.1. The summed E-state index contributed by atoms with van der Waals surface area (Å²) in [6.07, 6.45) is 2.47. The van der Waals surface area contributed by atoms with Gasteiger partial charge in [-0.1, -0.05) is 6.07 Å². The zero-order chi connectivity index (χ0) is 9.26. The molecule has 0 amide bonds. The summed E-state index contributed by atoms with van der Waals surface area (Å²) in [5.41, 5.74) is 0. The van der Waals surface area contributed by atoms with Crippen molar-refractivity contribution in [3.05, 3.63) is 34.2 Å². The first-order chi connectivity index (χ1) is 6.25. The Morgan fingerprint density at radius 2 is 2.31 bits per heavy atom. The van der Waals surface area contributed by atoms with E-state index in [4.69, 9.17) is 0 Å². The van der Waals surface area contributed by atoms with Crippen LogP contribution in [-0.2, 0) is 4.79 Å². The van der Waals surface area contributed by atoms with E-state index in [1.165, 1.54) is 11.0 Å². The largest absolute Gasteiger partial charge is 0.512 e. The highest BCUT2D eigenvalue weighted by Crippen LogP contribution is 2.32. The highest BCUT2D eigenvalue weighted by atomic mass is 32.1. The summed E-state index contributed by atoms with van der Waals surface area (Å²) in [6.45, 7) is 0. The summed E-state index contributed by atoms with van der Waals surface area (Å²) in [5, 5.41) is 11.3. The molecular formula is C10H10O2S. The first kappa shape index (κ1) is 8.51. The molecule has 2 nitrogen and oxygen atoms in total. The van der Waals surface area contributed by atoms with Gasteiger partial charge in [0.2, 0.25) is 0 Å². The first-order valence-corrected chi connectivity index (χ1v) is 5.09. The standard InChI is InChI=1S/C10H10O2S/c11-8-4-7(5-9(12)6-8)10-2-1-3-13-10/h1-3,6-7,11H,4-5H2/t7-/m1/s1. The van der Waals surface area contributed by atoms with Gasteiger partial charge in [-0.05, 0) is 11.4 Å². The summed E-state index contributed by atoms with van der Waals surface area (Å²) in [7, 11) is 0. The summed E-state index contributed by atoms with van der Waals surface area (Å²) < 4.78 is 0. The van der Waals surface area contributed by atoms with Crippen LogP contribution in [0.2, 0.25) is 0 Å². The van der Waals surface area contributed by atoms with Crippen LogP contribution in [0.1, 0.15) is 23.6 Å². The lowest BCUT2D eigenvalue weighted by Crippen LogP contribution is -2.11. The molecule has 1 aromatic rings. The van der Waals surface area contributed by atoms with Gasteiger partial charge in [-0.2, -0.15) is 0 Å². The fourth-order valence-electron chi connectivity index (χ4n) is 1.60. The molecule has 1 aromatic heterocycles. The number of hydrogen-bond acceptors (Lipinski definition) is 3. The third-order valence-electron chi connectivity index (χ3n) is 2.18. The minimum atomic E-state index is 0.0298. The van der Waals surface area contributed by atoms with Crippen LogP contribution in [0, 0.1) is 0 Å². The van der Waals surface area contributed by atoms with Gasteiger partial charge in [-0.15, -0.1) is 11.3 Å². The topological polar surface area (TPSA) is 37.3 Å². The van der Waals surface area contributed by atoms with E-state index in [0.29, 0.717) is 12.8 Å². The van der Waals surface area contributed by atoms with Crippen molar-refractivity contribution < 1.29 is 9.90 Å². The van der Waals surface area contributed by atoms with E-state index in [1.54, 1.807) is 11.3 Å². The number of thiophene rings is 1. The van der Waals surface area contributed by atoms with Gasteiger partial charge >= 0.3 is 0 Å². The second kappa shape index (κ2) is 3.34. The van der Waals surface area contributed by atoms with Gasteiger partial charge < -0.3 is 5.11 Å². The lowest BCUT2D eigenvalue weighted by Gasteiger charge is -2.17. The monoisotopic (exact) mass is 194 g/mol. The van der Waals surface area contributed by atoms with Crippen molar-refractivity contribution in [3.8, 4) is 0 Å². The van der Waals surface area contributed by atoms with Crippen molar-refractivity contribution in [1.82, 2.24) is 0 Å². The average molecular weight is 194 g/mol. The van der Waals surface area contributed by atoms with Crippen LogP contribution in [0.5, 0.6) is 0 Å². The molecule has 0 aromatic carbocycles. The molecule has 0 unspecified atom stereocenters. The van der Waals surface area contributed by atoms with Gasteiger partial charge in [0.15, 0.2) is 5.78 Å². The highest BCUT2D eigenvalue weighted by molar-refractivity contribution is 7.10. The molecule has 0 bridgehead atoms. The Hall–Kier alpha value is -1.09. The molecule has 1 aliphatic rings. The van der Waals surface area contributed by atoms with E-state index in [2.05, 4.69) is 0 Å². The SMILES string of the molecule is O=C1C=C(O)C[C@@H](c2cccs2)C1. The molecule has 1 aliphatic carbocycles. The first-order valence-electron chi connectivity index (χ1n) is 4.21. The van der Waals surface area contributed by atoms with E-state index in [1.807, 2.05) is 17.5 Å². The minimum absolute atomic E-state index is 0.0298. The van der Waals surface area contributed by atoms with E-state index in [9.17, 15) is 9.90 Å². The van der Waals surface area contributed by atoms with E-state index < -0.39 is 0 Å². The normalized spacial score (nSPS) is 22.9. The average Bonchev–Trinajstić information content (AvgIpc) is 2.53.